The summed E-state index contributed by atoms with van der Waals surface area (Å²) in [5.74, 6) is -0.447. The number of anilines is 1. The van der Waals surface area contributed by atoms with Crippen molar-refractivity contribution in [3.63, 3.8) is 0 Å². The molecule has 0 radical (unpaired) electrons. The molecule has 0 bridgehead atoms. The summed E-state index contributed by atoms with van der Waals surface area (Å²) in [6.45, 7) is 4.11. The van der Waals surface area contributed by atoms with E-state index in [9.17, 15) is 4.79 Å². The molecular formula is C11H14N2O2. The monoisotopic (exact) mass is 206 g/mol. The van der Waals surface area contributed by atoms with Gasteiger partial charge in [0.05, 0.1) is 12.3 Å². The Morgan fingerprint density at radius 2 is 2.13 bits per heavy atom. The lowest BCUT2D eigenvalue weighted by Gasteiger charge is -1.99. The second-order valence-corrected chi connectivity index (χ2v) is 2.99. The van der Waals surface area contributed by atoms with Gasteiger partial charge in [-0.25, -0.2) is 4.79 Å². The fraction of sp³-hybridized carbons (Fsp3) is 0.273. The Balaban J connectivity index is 2.43. The molecule has 0 amide bonds. The van der Waals surface area contributed by atoms with Gasteiger partial charge in [0, 0.05) is 0 Å². The highest BCUT2D eigenvalue weighted by Crippen LogP contribution is 2.07. The Kier molecular flexibility index (Phi) is 4.34. The minimum Gasteiger partial charge on any atom is -0.462 e. The van der Waals surface area contributed by atoms with Gasteiger partial charge in [0.25, 0.3) is 0 Å². The number of rotatable bonds is 4. The summed E-state index contributed by atoms with van der Waals surface area (Å²) in [5, 5.41) is 3.74. The van der Waals surface area contributed by atoms with Gasteiger partial charge in [-0.2, -0.15) is 5.10 Å². The van der Waals surface area contributed by atoms with Crippen LogP contribution in [0, 0.1) is 6.92 Å². The minimum absolute atomic E-state index is 0.357. The molecule has 4 heteroatoms. The van der Waals surface area contributed by atoms with Crippen LogP contribution < -0.4 is 5.43 Å². The Bertz CT molecular complexity index is 344. The van der Waals surface area contributed by atoms with E-state index in [1.165, 1.54) is 5.56 Å². The van der Waals surface area contributed by atoms with E-state index in [1.54, 1.807) is 6.92 Å². The van der Waals surface area contributed by atoms with Crippen LogP contribution in [0.2, 0.25) is 0 Å². The van der Waals surface area contributed by atoms with Crippen molar-refractivity contribution in [2.45, 2.75) is 13.8 Å². The summed E-state index contributed by atoms with van der Waals surface area (Å²) >= 11 is 0. The maximum Gasteiger partial charge on any atom is 0.351 e. The number of nitrogens with zero attached hydrogens (tertiary/aromatic N) is 1. The Morgan fingerprint density at radius 1 is 1.47 bits per heavy atom. The molecule has 1 aromatic rings. The predicted molar refractivity (Wildman–Crippen MR) is 59.9 cm³/mol. The van der Waals surface area contributed by atoms with Gasteiger partial charge in [-0.05, 0) is 26.0 Å². The number of aryl methyl sites for hydroxylation is 1. The van der Waals surface area contributed by atoms with Crippen LogP contribution in [-0.4, -0.2) is 18.8 Å². The van der Waals surface area contributed by atoms with Crippen molar-refractivity contribution < 1.29 is 9.53 Å². The number of hydrazone groups is 1. The number of carbonyl (C=O) groups is 1. The highest BCUT2D eigenvalue weighted by molar-refractivity contribution is 6.23. The number of esters is 1. The zero-order valence-corrected chi connectivity index (χ0v) is 8.86. The first-order valence-corrected chi connectivity index (χ1v) is 4.75. The third kappa shape index (κ3) is 4.26. The maximum absolute atomic E-state index is 10.9. The summed E-state index contributed by atoms with van der Waals surface area (Å²) < 4.78 is 4.67. The van der Waals surface area contributed by atoms with Crippen molar-refractivity contribution in [2.75, 3.05) is 12.0 Å². The molecule has 1 aromatic carbocycles. The zero-order valence-electron chi connectivity index (χ0n) is 8.86. The quantitative estimate of drug-likeness (QED) is 0.465. The van der Waals surface area contributed by atoms with Gasteiger partial charge in [-0.15, -0.1) is 0 Å². The molecule has 0 aliphatic rings. The van der Waals surface area contributed by atoms with E-state index in [-0.39, 0.29) is 0 Å². The number of hydrogen-bond acceptors (Lipinski definition) is 4. The molecular weight excluding hydrogens is 192 g/mol. The van der Waals surface area contributed by atoms with Crippen LogP contribution in [-0.2, 0) is 9.53 Å². The molecule has 0 unspecified atom stereocenters. The van der Waals surface area contributed by atoms with Gasteiger partial charge in [0.2, 0.25) is 0 Å². The molecule has 0 spiro atoms. The first-order valence-electron chi connectivity index (χ1n) is 4.75. The van der Waals surface area contributed by atoms with Crippen molar-refractivity contribution in [1.82, 2.24) is 0 Å². The van der Waals surface area contributed by atoms with Crippen LogP contribution >= 0.6 is 0 Å². The lowest BCUT2D eigenvalue weighted by atomic mass is 10.2. The number of nitrogens with one attached hydrogen (secondary N) is 1. The van der Waals surface area contributed by atoms with Gasteiger partial charge in [0.1, 0.15) is 6.21 Å². The topological polar surface area (TPSA) is 50.7 Å². The third-order valence-electron chi connectivity index (χ3n) is 1.70. The van der Waals surface area contributed by atoms with Crippen LogP contribution in [0.4, 0.5) is 5.69 Å². The molecule has 0 saturated heterocycles. The average molecular weight is 206 g/mol. The van der Waals surface area contributed by atoms with Crippen LogP contribution in [0.25, 0.3) is 0 Å². The average Bonchev–Trinajstić information content (AvgIpc) is 2.21. The van der Waals surface area contributed by atoms with Crippen LogP contribution in [0.5, 0.6) is 0 Å². The predicted octanol–water partition coefficient (Wildman–Crippen LogP) is 1.96. The Morgan fingerprint density at radius 3 is 2.73 bits per heavy atom. The van der Waals surface area contributed by atoms with E-state index in [2.05, 4.69) is 15.3 Å². The van der Waals surface area contributed by atoms with Crippen molar-refractivity contribution in [3.8, 4) is 0 Å². The molecule has 0 heterocycles. The van der Waals surface area contributed by atoms with Gasteiger partial charge in [-0.3, -0.25) is 5.43 Å². The molecule has 15 heavy (non-hydrogen) atoms. The number of ether oxygens (including phenoxy) is 1. The first-order chi connectivity index (χ1) is 7.22. The zero-order chi connectivity index (χ0) is 11.1. The van der Waals surface area contributed by atoms with Gasteiger partial charge in [-0.1, -0.05) is 17.7 Å². The molecule has 0 saturated carbocycles. The molecule has 0 aliphatic heterocycles. The largest absolute Gasteiger partial charge is 0.462 e. The highest BCUT2D eigenvalue weighted by Gasteiger charge is 1.93. The first kappa shape index (κ1) is 11.2. The minimum atomic E-state index is -0.447. The molecule has 0 aromatic heterocycles. The highest BCUT2D eigenvalue weighted by atomic mass is 16.5. The van der Waals surface area contributed by atoms with Gasteiger partial charge < -0.3 is 4.74 Å². The standard InChI is InChI=1S/C11H14N2O2/c1-3-15-11(14)8-12-13-10-6-4-9(2)5-7-10/h4-8,13H,3H2,1-2H3. The summed E-state index contributed by atoms with van der Waals surface area (Å²) in [4.78, 5) is 10.9. The summed E-state index contributed by atoms with van der Waals surface area (Å²) in [6, 6.07) is 7.69. The van der Waals surface area contributed by atoms with Crippen molar-refractivity contribution in [1.29, 1.82) is 0 Å². The fourth-order valence-corrected chi connectivity index (χ4v) is 0.967. The molecule has 1 rings (SSSR count). The molecule has 0 aliphatic carbocycles. The summed E-state index contributed by atoms with van der Waals surface area (Å²) in [6.07, 6.45) is 1.11. The normalized spacial score (nSPS) is 10.3. The van der Waals surface area contributed by atoms with Crippen LogP contribution in [0.15, 0.2) is 29.4 Å². The summed E-state index contributed by atoms with van der Waals surface area (Å²) in [7, 11) is 0. The van der Waals surface area contributed by atoms with E-state index in [0.29, 0.717) is 6.61 Å². The second-order valence-electron chi connectivity index (χ2n) is 2.99. The summed E-state index contributed by atoms with van der Waals surface area (Å²) in [5.41, 5.74) is 4.74. The number of benzene rings is 1. The van der Waals surface area contributed by atoms with Crippen molar-refractivity contribution in [3.05, 3.63) is 29.8 Å². The SMILES string of the molecule is CCOC(=O)C=NNc1ccc(C)cc1. The number of carbonyl (C=O) groups excluding carboxylic acids is 1. The Hall–Kier alpha value is -1.84. The van der Waals surface area contributed by atoms with E-state index in [0.717, 1.165) is 11.9 Å². The van der Waals surface area contributed by atoms with E-state index in [1.807, 2.05) is 31.2 Å². The molecule has 0 atom stereocenters. The van der Waals surface area contributed by atoms with Crippen LogP contribution in [0.3, 0.4) is 0 Å². The van der Waals surface area contributed by atoms with E-state index in [4.69, 9.17) is 0 Å². The van der Waals surface area contributed by atoms with Crippen LogP contribution in [0.1, 0.15) is 12.5 Å². The number of hydrogen-bond donors (Lipinski definition) is 1. The lowest BCUT2D eigenvalue weighted by molar-refractivity contribution is -0.134. The van der Waals surface area contributed by atoms with Crippen molar-refractivity contribution in [2.24, 2.45) is 5.10 Å². The Labute approximate surface area is 88.9 Å². The molecule has 80 valence electrons. The lowest BCUT2D eigenvalue weighted by Crippen LogP contribution is -2.06. The smallest absolute Gasteiger partial charge is 0.351 e. The van der Waals surface area contributed by atoms with E-state index < -0.39 is 5.97 Å². The van der Waals surface area contributed by atoms with Gasteiger partial charge in [0.15, 0.2) is 0 Å². The second kappa shape index (κ2) is 5.80. The molecule has 1 N–H and O–H groups in total. The molecule has 4 nitrogen and oxygen atoms in total. The molecule has 0 fully saturated rings. The van der Waals surface area contributed by atoms with Crippen molar-refractivity contribution >= 4 is 17.9 Å². The maximum atomic E-state index is 10.9. The van der Waals surface area contributed by atoms with Gasteiger partial charge >= 0.3 is 5.97 Å². The van der Waals surface area contributed by atoms with E-state index >= 15 is 0 Å². The fourth-order valence-electron chi connectivity index (χ4n) is 0.967. The third-order valence-corrected chi connectivity index (χ3v) is 1.70.